The van der Waals surface area contributed by atoms with E-state index in [1.807, 2.05) is 41.3 Å². The molecule has 3 aliphatic heterocycles. The summed E-state index contributed by atoms with van der Waals surface area (Å²) in [5.74, 6) is 5.68. The lowest BCUT2D eigenvalue weighted by molar-refractivity contribution is -0.136. The summed E-state index contributed by atoms with van der Waals surface area (Å²) in [7, 11) is 1.56. The molecule has 3 aromatic carbocycles. The first-order valence-corrected chi connectivity index (χ1v) is 22.8. The van der Waals surface area contributed by atoms with E-state index in [4.69, 9.17) is 4.74 Å². The molecule has 67 heavy (non-hydrogen) atoms. The molecule has 3 fully saturated rings. The summed E-state index contributed by atoms with van der Waals surface area (Å²) in [6.45, 7) is 4.81. The van der Waals surface area contributed by atoms with Gasteiger partial charge in [0.2, 0.25) is 17.8 Å². The van der Waals surface area contributed by atoms with Gasteiger partial charge >= 0.3 is 6.03 Å². The predicted octanol–water partition coefficient (Wildman–Crippen LogP) is 4.15. The number of piperidine rings is 1. The lowest BCUT2D eigenvalue weighted by Gasteiger charge is -2.37. The first kappa shape index (κ1) is 46.0. The first-order valence-electron chi connectivity index (χ1n) is 22.8. The van der Waals surface area contributed by atoms with Crippen LogP contribution in [0.25, 0.3) is 0 Å². The Labute approximate surface area is 389 Å². The molecule has 1 saturated carbocycles. The number of anilines is 5. The molecule has 0 spiro atoms. The van der Waals surface area contributed by atoms with Gasteiger partial charge in [0.25, 0.3) is 11.8 Å². The van der Waals surface area contributed by atoms with E-state index in [9.17, 15) is 29.2 Å². The van der Waals surface area contributed by atoms with E-state index >= 15 is 0 Å². The van der Waals surface area contributed by atoms with Crippen LogP contribution in [-0.4, -0.2) is 121 Å². The summed E-state index contributed by atoms with van der Waals surface area (Å²) in [6, 6.07) is 22.3. The smallest absolute Gasteiger partial charge is 0.317 e. The Morgan fingerprint density at radius 3 is 2.45 bits per heavy atom. The van der Waals surface area contributed by atoms with Crippen LogP contribution < -0.4 is 36.8 Å². The fourth-order valence-corrected chi connectivity index (χ4v) is 8.81. The van der Waals surface area contributed by atoms with E-state index < -0.39 is 11.9 Å². The molecule has 1 unspecified atom stereocenters. The van der Waals surface area contributed by atoms with E-state index in [2.05, 4.69) is 64.7 Å². The van der Waals surface area contributed by atoms with Crippen molar-refractivity contribution < 1.29 is 28.7 Å². The number of nitrogens with zero attached hydrogens (tertiary/aromatic N) is 6. The molecule has 8 rings (SSSR count). The molecule has 4 aromatic rings. The molecule has 1 aromatic heterocycles. The Morgan fingerprint density at radius 2 is 1.69 bits per heavy atom. The minimum atomic E-state index is -0.637. The Bertz CT molecular complexity index is 2590. The lowest BCUT2D eigenvalue weighted by Crippen LogP contribution is -2.54. The monoisotopic (exact) mass is 906 g/mol. The number of amides is 6. The van der Waals surface area contributed by atoms with Gasteiger partial charge in [-0.2, -0.15) is 10.2 Å². The van der Waals surface area contributed by atoms with Crippen molar-refractivity contribution in [1.82, 2.24) is 41.0 Å². The van der Waals surface area contributed by atoms with Crippen molar-refractivity contribution in [3.05, 3.63) is 101 Å². The van der Waals surface area contributed by atoms with Gasteiger partial charge in [-0.15, -0.1) is 0 Å². The highest BCUT2D eigenvalue weighted by atomic mass is 16.5. The first-order chi connectivity index (χ1) is 32.6. The Kier molecular flexibility index (Phi) is 14.9. The van der Waals surface area contributed by atoms with Crippen LogP contribution in [0.3, 0.4) is 0 Å². The molecule has 4 heterocycles. The van der Waals surface area contributed by atoms with Gasteiger partial charge in [0.1, 0.15) is 17.7 Å². The van der Waals surface area contributed by atoms with E-state index in [1.165, 1.54) is 11.1 Å². The third kappa shape index (κ3) is 11.5. The number of para-hydroxylation sites is 1. The number of hydrogen-bond donors (Lipinski definition) is 6. The highest BCUT2D eigenvalue weighted by Gasteiger charge is 2.39. The summed E-state index contributed by atoms with van der Waals surface area (Å²) in [4.78, 5) is 76.9. The van der Waals surface area contributed by atoms with Gasteiger partial charge in [-0.25, -0.2) is 9.78 Å². The summed E-state index contributed by atoms with van der Waals surface area (Å²) in [5, 5.41) is 27.8. The zero-order valence-corrected chi connectivity index (χ0v) is 37.4. The third-order valence-corrected chi connectivity index (χ3v) is 12.5. The number of urea groups is 1. The molecule has 2 saturated heterocycles. The predicted molar refractivity (Wildman–Crippen MR) is 251 cm³/mol. The number of ether oxygens (including phenoxy) is 1. The summed E-state index contributed by atoms with van der Waals surface area (Å²) >= 11 is 0. The van der Waals surface area contributed by atoms with Gasteiger partial charge in [-0.1, -0.05) is 24.0 Å². The van der Waals surface area contributed by atoms with E-state index in [-0.39, 0.29) is 53.5 Å². The fraction of sp³-hybridized carbons (Fsp3) is 0.388. The minimum Gasteiger partial charge on any atom is -0.379 e. The number of rotatable bonds is 14. The highest BCUT2D eigenvalue weighted by Crippen LogP contribution is 2.29. The van der Waals surface area contributed by atoms with Gasteiger partial charge in [0.15, 0.2) is 5.82 Å². The highest BCUT2D eigenvalue weighted by molar-refractivity contribution is 6.05. The van der Waals surface area contributed by atoms with Crippen LogP contribution in [0.15, 0.2) is 72.9 Å². The Hall–Kier alpha value is -7.54. The minimum absolute atomic E-state index is 0.0109. The van der Waals surface area contributed by atoms with Crippen molar-refractivity contribution in [2.75, 3.05) is 68.5 Å². The average Bonchev–Trinajstić information content (AvgIpc) is 3.67. The summed E-state index contributed by atoms with van der Waals surface area (Å²) in [5.41, 5.74) is 5.17. The molecule has 6 amide bonds. The molecule has 0 radical (unpaired) electrons. The molecule has 1 atom stereocenters. The van der Waals surface area contributed by atoms with Gasteiger partial charge in [-0.05, 0) is 92.3 Å². The van der Waals surface area contributed by atoms with E-state index in [0.29, 0.717) is 81.6 Å². The molecule has 6 N–H and O–H groups in total. The largest absolute Gasteiger partial charge is 0.379 e. The van der Waals surface area contributed by atoms with Crippen molar-refractivity contribution in [1.29, 1.82) is 5.26 Å². The van der Waals surface area contributed by atoms with Gasteiger partial charge in [0.05, 0.1) is 30.7 Å². The van der Waals surface area contributed by atoms with Crippen LogP contribution in [-0.2, 0) is 20.9 Å². The van der Waals surface area contributed by atoms with Crippen LogP contribution in [0.2, 0.25) is 0 Å². The number of hydrogen-bond acceptors (Lipinski definition) is 13. The number of piperazine rings is 1. The number of carbonyl (C=O) groups excluding carboxylic acids is 5. The maximum Gasteiger partial charge on any atom is 0.317 e. The zero-order valence-electron chi connectivity index (χ0n) is 37.4. The lowest BCUT2D eigenvalue weighted by atomic mass is 9.91. The SMILES string of the molecule is CNC(=O)c1ccccc1Nc1nc(Nc2ccc(N3CCN(C(=O)N[C@H]4CC[C@H](NCCOCCC#Cc5ccc6c(c5)CN(C5CCC(=O)NC5=O)C6=O)CC4)CC3)cc2)ncc1C#N. The molecule has 1 aliphatic carbocycles. The quantitative estimate of drug-likeness (QED) is 0.0595. The Balaban J connectivity index is 0.693. The van der Waals surface area contributed by atoms with Crippen molar-refractivity contribution in [3.8, 4) is 17.9 Å². The molecule has 4 aliphatic rings. The Morgan fingerprint density at radius 1 is 0.910 bits per heavy atom. The topological polar surface area (TPSA) is 226 Å². The average molecular weight is 907 g/mol. The van der Waals surface area contributed by atoms with Gasteiger partial charge in [0, 0.05) is 93.7 Å². The number of nitrogens with one attached hydrogen (secondary N) is 6. The number of nitriles is 1. The van der Waals surface area contributed by atoms with E-state index in [0.717, 1.165) is 54.7 Å². The number of carbonyl (C=O) groups is 5. The number of imide groups is 1. The summed E-state index contributed by atoms with van der Waals surface area (Å²) in [6.07, 6.45) is 6.36. The normalized spacial score (nSPS) is 19.1. The fourth-order valence-electron chi connectivity index (χ4n) is 8.81. The van der Waals surface area contributed by atoms with Gasteiger partial charge in [-0.3, -0.25) is 24.5 Å². The standard InChI is InChI=1S/C49H54N12O6/c1-51-45(63)40-7-2-3-8-41(40)56-44-34(29-50)30-53-48(58-44)54-36-14-16-38(17-15-36)59-22-24-60(25-23-59)49(66)55-37-12-10-35(11-13-37)52-21-27-67-26-5-4-6-32-9-18-39-33(28-32)31-61(47(39)65)42-19-20-43(62)57-46(42)64/h2-3,7-9,14-18,28,30,35,37,42,52H,5,10-13,19-27,31H2,1H3,(H,51,63)(H,55,66)(H,57,62,64)(H2,53,54,56,58)/t35-,37-,42?. The number of fused-ring (bicyclic) bond motifs is 1. The second-order valence-corrected chi connectivity index (χ2v) is 16.9. The molecular weight excluding hydrogens is 853 g/mol. The molecular formula is C49H54N12O6. The van der Waals surface area contributed by atoms with Crippen LogP contribution >= 0.6 is 0 Å². The second-order valence-electron chi connectivity index (χ2n) is 16.9. The third-order valence-electron chi connectivity index (χ3n) is 12.5. The second kappa shape index (κ2) is 21.6. The van der Waals surface area contributed by atoms with E-state index in [1.54, 1.807) is 37.4 Å². The number of aromatic nitrogens is 2. The van der Waals surface area contributed by atoms with Crippen LogP contribution in [0, 0.1) is 23.2 Å². The maximum atomic E-state index is 13.2. The molecule has 18 nitrogen and oxygen atoms in total. The molecule has 0 bridgehead atoms. The van der Waals surface area contributed by atoms with Crippen LogP contribution in [0.4, 0.5) is 33.6 Å². The van der Waals surface area contributed by atoms with Gasteiger partial charge < -0.3 is 46.0 Å². The van der Waals surface area contributed by atoms with Crippen molar-refractivity contribution >= 4 is 58.5 Å². The molecule has 18 heteroatoms. The van der Waals surface area contributed by atoms with Crippen LogP contribution in [0.5, 0.6) is 0 Å². The van der Waals surface area contributed by atoms with Crippen molar-refractivity contribution in [3.63, 3.8) is 0 Å². The molecule has 346 valence electrons. The van der Waals surface area contributed by atoms with Crippen molar-refractivity contribution in [2.45, 2.75) is 69.6 Å². The van der Waals surface area contributed by atoms with Crippen molar-refractivity contribution in [2.24, 2.45) is 0 Å². The maximum absolute atomic E-state index is 13.2. The number of benzene rings is 3. The zero-order chi connectivity index (χ0) is 46.7. The van der Waals surface area contributed by atoms with Crippen LogP contribution in [0.1, 0.15) is 82.4 Å². The summed E-state index contributed by atoms with van der Waals surface area (Å²) < 4.78 is 5.82.